The van der Waals surface area contributed by atoms with Gasteiger partial charge >= 0.3 is 0 Å². The van der Waals surface area contributed by atoms with Gasteiger partial charge < -0.3 is 8.82 Å². The van der Waals surface area contributed by atoms with E-state index in [1.807, 2.05) is 26.1 Å². The molecule has 4 rings (SSSR count). The van der Waals surface area contributed by atoms with Crippen LogP contribution >= 0.6 is 0 Å². The molecular weight excluding hydrogens is 440 g/mol. The fourth-order valence-corrected chi connectivity index (χ4v) is 3.14. The number of benzene rings is 1. The van der Waals surface area contributed by atoms with Crippen LogP contribution in [-0.2, 0) is 20.1 Å². The summed E-state index contributed by atoms with van der Waals surface area (Å²) in [5.41, 5.74) is 4.39. The molecule has 0 fully saturated rings. The number of aromatic nitrogens is 2. The summed E-state index contributed by atoms with van der Waals surface area (Å²) in [4.78, 5) is 4.57. The molecule has 109 valence electrons. The minimum Gasteiger partial charge on any atom is -0.465 e. The third-order valence-electron chi connectivity index (χ3n) is 3.97. The van der Waals surface area contributed by atoms with Crippen LogP contribution in [-0.4, -0.2) is 9.38 Å². The molecule has 21 heavy (non-hydrogen) atoms. The molecule has 0 bridgehead atoms. The number of imidazole rings is 1. The number of hydrogen-bond donors (Lipinski definition) is 0. The van der Waals surface area contributed by atoms with Crippen molar-refractivity contribution in [1.82, 2.24) is 9.38 Å². The fraction of sp³-hybridized carbons (Fsp3) is 0.235. The number of aryl methyl sites for hydroxylation is 4. The van der Waals surface area contributed by atoms with Gasteiger partial charge in [0.2, 0.25) is 0 Å². The van der Waals surface area contributed by atoms with Crippen molar-refractivity contribution in [2.75, 3.05) is 0 Å². The molecule has 0 aliphatic heterocycles. The van der Waals surface area contributed by atoms with E-state index in [4.69, 9.17) is 4.42 Å². The Morgan fingerprint density at radius 3 is 2.67 bits per heavy atom. The van der Waals surface area contributed by atoms with Crippen molar-refractivity contribution >= 4 is 27.3 Å². The Labute approximate surface area is 136 Å². The first-order valence-electron chi connectivity index (χ1n) is 6.75. The molecule has 4 aromatic rings. The molecule has 0 saturated carbocycles. The minimum absolute atomic E-state index is 0. The van der Waals surface area contributed by atoms with Crippen molar-refractivity contribution in [2.45, 2.75) is 27.7 Å². The predicted octanol–water partition coefficient (Wildman–Crippen LogP) is 4.27. The van der Waals surface area contributed by atoms with Gasteiger partial charge in [0, 0.05) is 37.4 Å². The summed E-state index contributed by atoms with van der Waals surface area (Å²) in [5, 5.41) is 3.40. The Bertz CT molecular complexity index is 995. The summed E-state index contributed by atoms with van der Waals surface area (Å²) in [6.45, 7) is 8.20. The van der Waals surface area contributed by atoms with Crippen molar-refractivity contribution in [2.24, 2.45) is 0 Å². The van der Waals surface area contributed by atoms with Gasteiger partial charge in [-0.1, -0.05) is 12.3 Å². The van der Waals surface area contributed by atoms with Crippen LogP contribution in [0.2, 0.25) is 0 Å². The average Bonchev–Trinajstić information content (AvgIpc) is 2.91. The van der Waals surface area contributed by atoms with Crippen molar-refractivity contribution in [1.29, 1.82) is 0 Å². The topological polar surface area (TPSA) is 30.4 Å². The van der Waals surface area contributed by atoms with Crippen LogP contribution < -0.4 is 0 Å². The molecule has 0 N–H and O–H groups in total. The van der Waals surface area contributed by atoms with Gasteiger partial charge in [-0.25, -0.2) is 0 Å². The zero-order valence-electron chi connectivity index (χ0n) is 12.4. The third kappa shape index (κ3) is 1.79. The van der Waals surface area contributed by atoms with E-state index >= 15 is 0 Å². The van der Waals surface area contributed by atoms with Gasteiger partial charge in [0.15, 0.2) is 0 Å². The van der Waals surface area contributed by atoms with Gasteiger partial charge in [-0.15, -0.1) is 29.1 Å². The molecular formula is C17H15IrN2O-. The monoisotopic (exact) mass is 456 g/mol. The van der Waals surface area contributed by atoms with Crippen LogP contribution in [0.5, 0.6) is 0 Å². The number of furan rings is 1. The Kier molecular flexibility index (Phi) is 3.19. The van der Waals surface area contributed by atoms with Crippen molar-refractivity contribution in [3.8, 4) is 0 Å². The SMILES string of the molecule is Cc1c[c-]c2c(c1)c1c(C)oc(C)c1n1c(C)cnc21.[Ir]. The second-order valence-corrected chi connectivity index (χ2v) is 5.46. The first-order chi connectivity index (χ1) is 9.58. The fourth-order valence-electron chi connectivity index (χ4n) is 3.14. The van der Waals surface area contributed by atoms with E-state index in [-0.39, 0.29) is 20.1 Å². The number of hydrogen-bond acceptors (Lipinski definition) is 2. The van der Waals surface area contributed by atoms with Gasteiger partial charge in [-0.2, -0.15) is 0 Å². The number of fused-ring (bicyclic) bond motifs is 6. The summed E-state index contributed by atoms with van der Waals surface area (Å²) in [6, 6.07) is 7.59. The molecule has 0 spiro atoms. The number of rotatable bonds is 0. The summed E-state index contributed by atoms with van der Waals surface area (Å²) in [7, 11) is 0. The first-order valence-corrected chi connectivity index (χ1v) is 6.75. The second kappa shape index (κ2) is 4.69. The Balaban J connectivity index is 0.00000132. The van der Waals surface area contributed by atoms with Crippen LogP contribution in [0, 0.1) is 33.8 Å². The van der Waals surface area contributed by atoms with Gasteiger partial charge in [-0.05, 0) is 20.8 Å². The van der Waals surface area contributed by atoms with Crippen molar-refractivity contribution in [3.05, 3.63) is 47.2 Å². The van der Waals surface area contributed by atoms with E-state index in [1.54, 1.807) is 0 Å². The Hall–Kier alpha value is -1.64. The predicted molar refractivity (Wildman–Crippen MR) is 80.3 cm³/mol. The van der Waals surface area contributed by atoms with Gasteiger partial charge in [-0.3, -0.25) is 4.98 Å². The van der Waals surface area contributed by atoms with Gasteiger partial charge in [0.25, 0.3) is 0 Å². The molecule has 0 atom stereocenters. The van der Waals surface area contributed by atoms with Gasteiger partial charge in [0.05, 0.1) is 11.2 Å². The molecule has 4 heteroatoms. The molecule has 0 unspecified atom stereocenters. The molecule has 1 aromatic carbocycles. The molecule has 0 aliphatic carbocycles. The Morgan fingerprint density at radius 2 is 1.90 bits per heavy atom. The summed E-state index contributed by atoms with van der Waals surface area (Å²) in [5.74, 6) is 1.89. The number of nitrogens with zero attached hydrogens (tertiary/aromatic N) is 2. The smallest absolute Gasteiger partial charge is 0.124 e. The van der Waals surface area contributed by atoms with E-state index in [1.165, 1.54) is 16.3 Å². The van der Waals surface area contributed by atoms with E-state index in [0.717, 1.165) is 33.8 Å². The van der Waals surface area contributed by atoms with Crippen molar-refractivity contribution < 1.29 is 24.5 Å². The third-order valence-corrected chi connectivity index (χ3v) is 3.97. The van der Waals surface area contributed by atoms with Crippen LogP contribution in [0.15, 0.2) is 22.7 Å². The molecule has 3 heterocycles. The van der Waals surface area contributed by atoms with E-state index in [0.29, 0.717) is 0 Å². The van der Waals surface area contributed by atoms with Crippen LogP contribution in [0.4, 0.5) is 0 Å². The summed E-state index contributed by atoms with van der Waals surface area (Å²) < 4.78 is 8.06. The largest absolute Gasteiger partial charge is 0.465 e. The van der Waals surface area contributed by atoms with E-state index in [2.05, 4.69) is 35.4 Å². The maximum absolute atomic E-state index is 5.88. The van der Waals surface area contributed by atoms with E-state index in [9.17, 15) is 0 Å². The molecule has 3 nitrogen and oxygen atoms in total. The Morgan fingerprint density at radius 1 is 1.14 bits per heavy atom. The zero-order valence-corrected chi connectivity index (χ0v) is 14.8. The molecule has 1 radical (unpaired) electrons. The van der Waals surface area contributed by atoms with E-state index < -0.39 is 0 Å². The first kappa shape index (κ1) is 14.3. The van der Waals surface area contributed by atoms with Crippen molar-refractivity contribution in [3.63, 3.8) is 0 Å². The summed E-state index contributed by atoms with van der Waals surface area (Å²) >= 11 is 0. The van der Waals surface area contributed by atoms with Crippen LogP contribution in [0.1, 0.15) is 22.8 Å². The van der Waals surface area contributed by atoms with Crippen LogP contribution in [0.25, 0.3) is 27.3 Å². The van der Waals surface area contributed by atoms with Gasteiger partial charge in [0.1, 0.15) is 11.5 Å². The normalized spacial score (nSPS) is 11.4. The standard InChI is InChI=1S/C17H15N2O.Ir/c1-9-5-6-13-14(7-9)15-11(3)20-12(4)16(15)19-10(2)8-18-17(13)19;/h5,7-8H,1-4H3;/q-1;. The number of pyridine rings is 1. The molecule has 3 aromatic heterocycles. The molecule has 0 amide bonds. The minimum atomic E-state index is 0. The van der Waals surface area contributed by atoms with Crippen LogP contribution in [0.3, 0.4) is 0 Å². The maximum atomic E-state index is 5.88. The summed E-state index contributed by atoms with van der Waals surface area (Å²) in [6.07, 6.45) is 1.91. The quantitative estimate of drug-likeness (QED) is 0.371. The second-order valence-electron chi connectivity index (χ2n) is 5.46. The molecule has 0 saturated heterocycles. The zero-order chi connectivity index (χ0) is 14.0. The maximum Gasteiger partial charge on any atom is 0.124 e. The average molecular weight is 456 g/mol. The molecule has 0 aliphatic rings.